The number of ether oxygens (including phenoxy) is 1. The molecule has 11 heteroatoms. The number of sulfonamides is 1. The van der Waals surface area contributed by atoms with Crippen molar-refractivity contribution >= 4 is 48.5 Å². The van der Waals surface area contributed by atoms with Crippen LogP contribution in [0, 0.1) is 0 Å². The number of fused-ring (bicyclic) bond motifs is 1. The topological polar surface area (TPSA) is 92.7 Å². The number of amides is 1. The monoisotopic (exact) mass is 504 g/mol. The Balaban J connectivity index is 1.30. The van der Waals surface area contributed by atoms with Gasteiger partial charge in [-0.2, -0.15) is 4.31 Å². The standard InChI is InChI=1S/C22H24N4O4S3/c27-22(30-15-16-31-32-21-7-1-2-9-24-21)25-11-4-12-26(14-13-25)33(28,29)20-6-3-5-18-17-23-10-8-19(18)20/h1-3,5-10,17H,4,11-16H2. The average molecular weight is 505 g/mol. The highest BCUT2D eigenvalue weighted by molar-refractivity contribution is 8.76. The number of nitrogens with zero attached hydrogens (tertiary/aromatic N) is 4. The molecule has 3 aromatic rings. The maximum atomic E-state index is 13.4. The lowest BCUT2D eigenvalue weighted by Gasteiger charge is -2.22. The summed E-state index contributed by atoms with van der Waals surface area (Å²) in [5, 5.41) is 2.33. The summed E-state index contributed by atoms with van der Waals surface area (Å²) in [4.78, 5) is 22.6. The first kappa shape index (κ1) is 23.8. The highest BCUT2D eigenvalue weighted by Gasteiger charge is 2.29. The lowest BCUT2D eigenvalue weighted by molar-refractivity contribution is 0.110. The third-order valence-corrected chi connectivity index (χ3v) is 9.33. The summed E-state index contributed by atoms with van der Waals surface area (Å²) in [7, 11) is -0.593. The molecule has 0 unspecified atom stereocenters. The third-order valence-electron chi connectivity index (χ3n) is 5.15. The molecule has 2 aromatic heterocycles. The van der Waals surface area contributed by atoms with E-state index in [0.717, 1.165) is 10.4 Å². The Morgan fingerprint density at radius 3 is 2.79 bits per heavy atom. The van der Waals surface area contributed by atoms with E-state index in [9.17, 15) is 13.2 Å². The van der Waals surface area contributed by atoms with Crippen LogP contribution in [0.25, 0.3) is 10.8 Å². The molecule has 1 saturated heterocycles. The zero-order valence-corrected chi connectivity index (χ0v) is 20.3. The zero-order chi connectivity index (χ0) is 23.1. The van der Waals surface area contributed by atoms with E-state index in [0.29, 0.717) is 37.2 Å². The molecule has 1 aliphatic heterocycles. The van der Waals surface area contributed by atoms with E-state index in [1.165, 1.54) is 15.1 Å². The molecule has 0 bridgehead atoms. The molecular formula is C22H24N4O4S3. The zero-order valence-electron chi connectivity index (χ0n) is 17.9. The first-order chi connectivity index (χ1) is 16.1. The highest BCUT2D eigenvalue weighted by atomic mass is 33.1. The van der Waals surface area contributed by atoms with Crippen LogP contribution in [0.3, 0.4) is 0 Å². The molecule has 33 heavy (non-hydrogen) atoms. The lowest BCUT2D eigenvalue weighted by Crippen LogP contribution is -2.37. The summed E-state index contributed by atoms with van der Waals surface area (Å²) in [6, 6.07) is 12.6. The number of carbonyl (C=O) groups excluding carboxylic acids is 1. The van der Waals surface area contributed by atoms with E-state index in [1.54, 1.807) is 52.5 Å². The minimum Gasteiger partial charge on any atom is -0.449 e. The van der Waals surface area contributed by atoms with Gasteiger partial charge in [0.25, 0.3) is 0 Å². The van der Waals surface area contributed by atoms with Crippen molar-refractivity contribution in [2.75, 3.05) is 38.5 Å². The number of benzene rings is 1. The molecule has 1 aromatic carbocycles. The molecular weight excluding hydrogens is 480 g/mol. The summed E-state index contributed by atoms with van der Waals surface area (Å²) >= 11 is 0. The van der Waals surface area contributed by atoms with Crippen LogP contribution in [-0.2, 0) is 14.8 Å². The molecule has 0 atom stereocenters. The van der Waals surface area contributed by atoms with E-state index in [2.05, 4.69) is 9.97 Å². The van der Waals surface area contributed by atoms with Crippen molar-refractivity contribution in [2.24, 2.45) is 0 Å². The molecule has 0 saturated carbocycles. The van der Waals surface area contributed by atoms with E-state index in [-0.39, 0.29) is 18.0 Å². The number of hydrogen-bond acceptors (Lipinski definition) is 8. The van der Waals surface area contributed by atoms with Gasteiger partial charge in [-0.25, -0.2) is 18.2 Å². The van der Waals surface area contributed by atoms with Gasteiger partial charge in [0.1, 0.15) is 11.6 Å². The first-order valence-corrected chi connectivity index (χ1v) is 14.3. The normalized spacial score (nSPS) is 15.3. The van der Waals surface area contributed by atoms with Crippen LogP contribution in [0.4, 0.5) is 4.79 Å². The molecule has 0 spiro atoms. The van der Waals surface area contributed by atoms with Crippen LogP contribution >= 0.6 is 21.6 Å². The summed E-state index contributed by atoms with van der Waals surface area (Å²) in [5.74, 6) is 0.636. The van der Waals surface area contributed by atoms with Gasteiger partial charge in [-0.1, -0.05) is 29.0 Å². The van der Waals surface area contributed by atoms with Gasteiger partial charge in [0.2, 0.25) is 10.0 Å². The second-order valence-corrected chi connectivity index (χ2v) is 11.6. The number of hydrogen-bond donors (Lipinski definition) is 0. The summed E-state index contributed by atoms with van der Waals surface area (Å²) in [6.07, 6.45) is 5.12. The Morgan fingerprint density at radius 1 is 1.03 bits per heavy atom. The van der Waals surface area contributed by atoms with Crippen molar-refractivity contribution < 1.29 is 17.9 Å². The second kappa shape index (κ2) is 11.2. The smallest absolute Gasteiger partial charge is 0.409 e. The Morgan fingerprint density at radius 2 is 1.94 bits per heavy atom. The molecule has 1 fully saturated rings. The fourth-order valence-corrected chi connectivity index (χ4v) is 6.92. The molecule has 1 aliphatic rings. The van der Waals surface area contributed by atoms with Crippen molar-refractivity contribution in [3.8, 4) is 0 Å². The molecule has 174 valence electrons. The lowest BCUT2D eigenvalue weighted by atomic mass is 10.2. The Labute approximate surface area is 201 Å². The van der Waals surface area contributed by atoms with E-state index in [1.807, 2.05) is 24.3 Å². The van der Waals surface area contributed by atoms with E-state index >= 15 is 0 Å². The maximum absolute atomic E-state index is 13.4. The summed E-state index contributed by atoms with van der Waals surface area (Å²) in [6.45, 7) is 1.61. The van der Waals surface area contributed by atoms with Gasteiger partial charge in [-0.05, 0) is 41.5 Å². The Kier molecular flexibility index (Phi) is 8.07. The minimum absolute atomic E-state index is 0.225. The van der Waals surface area contributed by atoms with Crippen molar-refractivity contribution in [1.82, 2.24) is 19.2 Å². The second-order valence-electron chi connectivity index (χ2n) is 7.29. The van der Waals surface area contributed by atoms with Gasteiger partial charge < -0.3 is 9.64 Å². The third kappa shape index (κ3) is 5.97. The van der Waals surface area contributed by atoms with Crippen molar-refractivity contribution in [3.05, 3.63) is 61.1 Å². The van der Waals surface area contributed by atoms with Crippen molar-refractivity contribution in [3.63, 3.8) is 0 Å². The van der Waals surface area contributed by atoms with Gasteiger partial charge in [-0.3, -0.25) is 4.98 Å². The quantitative estimate of drug-likeness (QED) is 0.353. The van der Waals surface area contributed by atoms with Crippen molar-refractivity contribution in [1.29, 1.82) is 0 Å². The first-order valence-electron chi connectivity index (χ1n) is 10.5. The molecule has 0 aliphatic carbocycles. The number of carbonyl (C=O) groups is 1. The summed E-state index contributed by atoms with van der Waals surface area (Å²) in [5.41, 5.74) is 0. The van der Waals surface area contributed by atoms with Crippen LogP contribution in [0.2, 0.25) is 0 Å². The molecule has 1 amide bonds. The molecule has 8 nitrogen and oxygen atoms in total. The molecule has 3 heterocycles. The minimum atomic E-state index is -3.70. The van der Waals surface area contributed by atoms with E-state index in [4.69, 9.17) is 4.74 Å². The largest absolute Gasteiger partial charge is 0.449 e. The van der Waals surface area contributed by atoms with Gasteiger partial charge in [0.15, 0.2) is 0 Å². The summed E-state index contributed by atoms with van der Waals surface area (Å²) < 4.78 is 33.6. The predicted molar refractivity (Wildman–Crippen MR) is 131 cm³/mol. The van der Waals surface area contributed by atoms with Gasteiger partial charge in [0, 0.05) is 61.3 Å². The SMILES string of the molecule is O=C(OCCSSc1ccccn1)N1CCCN(S(=O)(=O)c2cccc3cnccc23)CC1. The number of rotatable bonds is 7. The average Bonchev–Trinajstić information content (AvgIpc) is 3.11. The maximum Gasteiger partial charge on any atom is 0.409 e. The van der Waals surface area contributed by atoms with Gasteiger partial charge in [-0.15, -0.1) is 0 Å². The van der Waals surface area contributed by atoms with Crippen LogP contribution in [0.15, 0.2) is 71.0 Å². The van der Waals surface area contributed by atoms with Crippen LogP contribution in [0.1, 0.15) is 6.42 Å². The molecule has 0 N–H and O–H groups in total. The van der Waals surface area contributed by atoms with Gasteiger partial charge in [0.05, 0.1) is 4.90 Å². The highest BCUT2D eigenvalue weighted by Crippen LogP contribution is 2.29. The fraction of sp³-hybridized carbons (Fsp3) is 0.318. The van der Waals surface area contributed by atoms with Crippen LogP contribution < -0.4 is 0 Å². The number of aromatic nitrogens is 2. The number of pyridine rings is 2. The van der Waals surface area contributed by atoms with Crippen molar-refractivity contribution in [2.45, 2.75) is 16.3 Å². The predicted octanol–water partition coefficient (Wildman–Crippen LogP) is 3.90. The van der Waals surface area contributed by atoms with Crippen LogP contribution in [0.5, 0.6) is 0 Å². The van der Waals surface area contributed by atoms with E-state index < -0.39 is 16.1 Å². The molecule has 4 rings (SSSR count). The fourth-order valence-electron chi connectivity index (χ4n) is 3.53. The Hall–Kier alpha value is -2.34. The Bertz CT molecular complexity index is 1190. The van der Waals surface area contributed by atoms with Crippen LogP contribution in [-0.4, -0.2) is 72.2 Å². The van der Waals surface area contributed by atoms with Gasteiger partial charge >= 0.3 is 6.09 Å². The molecule has 0 radical (unpaired) electrons.